The molecule has 0 spiro atoms. The van der Waals surface area contributed by atoms with Crippen LogP contribution in [0.15, 0.2) is 36.9 Å². The molecule has 0 saturated carbocycles. The van der Waals surface area contributed by atoms with E-state index in [1.54, 1.807) is 30.0 Å². The minimum atomic E-state index is -1.37. The monoisotopic (exact) mass is 270 g/mol. The number of anilines is 1. The van der Waals surface area contributed by atoms with Crippen molar-refractivity contribution in [2.45, 2.75) is 19.4 Å². The van der Waals surface area contributed by atoms with Crippen LogP contribution in [0, 0.1) is 0 Å². The molecule has 20 heavy (non-hydrogen) atoms. The van der Waals surface area contributed by atoms with Gasteiger partial charge in [-0.3, -0.25) is 9.59 Å². The number of aromatic nitrogens is 3. The minimum Gasteiger partial charge on any atom is -0.309 e. The van der Waals surface area contributed by atoms with Crippen molar-refractivity contribution < 1.29 is 9.59 Å². The number of carbonyl (C=O) groups excluding carboxylic acids is 2. The first-order chi connectivity index (χ1) is 9.60. The van der Waals surface area contributed by atoms with Crippen LogP contribution in [0.5, 0.6) is 0 Å². The van der Waals surface area contributed by atoms with E-state index in [-0.39, 0.29) is 11.7 Å². The van der Waals surface area contributed by atoms with Crippen LogP contribution in [0.2, 0.25) is 0 Å². The Balaban J connectivity index is 2.25. The second-order valence-corrected chi connectivity index (χ2v) is 4.81. The molecule has 1 aliphatic heterocycles. The average molecular weight is 270 g/mol. The van der Waals surface area contributed by atoms with Gasteiger partial charge in [-0.1, -0.05) is 12.1 Å². The third kappa shape index (κ3) is 1.44. The van der Waals surface area contributed by atoms with Crippen LogP contribution in [0.25, 0.3) is 0 Å². The summed E-state index contributed by atoms with van der Waals surface area (Å²) in [7, 11) is 0. The van der Waals surface area contributed by atoms with Crippen molar-refractivity contribution in [2.75, 3.05) is 11.4 Å². The summed E-state index contributed by atoms with van der Waals surface area (Å²) in [6.07, 6.45) is 2.72. The molecule has 102 valence electrons. The van der Waals surface area contributed by atoms with Crippen molar-refractivity contribution in [1.82, 2.24) is 14.8 Å². The molecule has 0 fully saturated rings. The highest BCUT2D eigenvalue weighted by Crippen LogP contribution is 2.35. The molecule has 6 nitrogen and oxygen atoms in total. The van der Waals surface area contributed by atoms with Crippen LogP contribution < -0.4 is 4.90 Å². The topological polar surface area (TPSA) is 68.1 Å². The van der Waals surface area contributed by atoms with Gasteiger partial charge in [-0.05, 0) is 26.0 Å². The SMILES string of the molecule is CCN1C(=O)C(C)(n2cncn2)C(=O)c2ccccc21. The van der Waals surface area contributed by atoms with E-state index in [9.17, 15) is 9.59 Å². The van der Waals surface area contributed by atoms with E-state index in [4.69, 9.17) is 0 Å². The highest BCUT2D eigenvalue weighted by atomic mass is 16.2. The first-order valence-corrected chi connectivity index (χ1v) is 6.41. The predicted molar refractivity (Wildman–Crippen MR) is 72.5 cm³/mol. The fraction of sp³-hybridized carbons (Fsp3) is 0.286. The van der Waals surface area contributed by atoms with Crippen LogP contribution in [-0.4, -0.2) is 33.0 Å². The number of fused-ring (bicyclic) bond motifs is 1. The standard InChI is InChI=1S/C14H14N4O2/c1-3-17-11-7-5-4-6-10(11)12(19)14(2,13(17)20)18-9-15-8-16-18/h4-9H,3H2,1-2H3. The fourth-order valence-corrected chi connectivity index (χ4v) is 2.59. The Kier molecular flexibility index (Phi) is 2.67. The number of carbonyl (C=O) groups is 2. The first-order valence-electron chi connectivity index (χ1n) is 6.41. The van der Waals surface area contributed by atoms with E-state index < -0.39 is 5.54 Å². The lowest BCUT2D eigenvalue weighted by atomic mass is 9.84. The van der Waals surface area contributed by atoms with Crippen LogP contribution in [0.3, 0.4) is 0 Å². The molecule has 6 heteroatoms. The summed E-state index contributed by atoms with van der Waals surface area (Å²) in [5.41, 5.74) is -0.185. The highest BCUT2D eigenvalue weighted by Gasteiger charge is 2.51. The Morgan fingerprint density at radius 2 is 2.00 bits per heavy atom. The molecule has 3 rings (SSSR count). The van der Waals surface area contributed by atoms with Gasteiger partial charge in [0.05, 0.1) is 5.69 Å². The van der Waals surface area contributed by atoms with Gasteiger partial charge < -0.3 is 4.90 Å². The zero-order valence-corrected chi connectivity index (χ0v) is 11.3. The fourth-order valence-electron chi connectivity index (χ4n) is 2.59. The van der Waals surface area contributed by atoms with Crippen LogP contribution in [0.1, 0.15) is 24.2 Å². The largest absolute Gasteiger partial charge is 0.309 e. The molecule has 2 heterocycles. The van der Waals surface area contributed by atoms with Gasteiger partial charge in [-0.25, -0.2) is 9.67 Å². The molecule has 1 amide bonds. The second kappa shape index (κ2) is 4.26. The Morgan fingerprint density at radius 1 is 1.25 bits per heavy atom. The summed E-state index contributed by atoms with van der Waals surface area (Å²) in [5, 5.41) is 3.99. The van der Waals surface area contributed by atoms with Gasteiger partial charge in [0.1, 0.15) is 12.7 Å². The number of amides is 1. The van der Waals surface area contributed by atoms with E-state index >= 15 is 0 Å². The number of Topliss-reactive ketones (excluding diaryl/α,β-unsaturated/α-hetero) is 1. The number of rotatable bonds is 2. The van der Waals surface area contributed by atoms with Crippen molar-refractivity contribution in [3.05, 3.63) is 42.5 Å². The molecule has 0 saturated heterocycles. The maximum Gasteiger partial charge on any atom is 0.262 e. The number of ketones is 1. The normalized spacial score (nSPS) is 22.0. The van der Waals surface area contributed by atoms with Crippen molar-refractivity contribution in [3.63, 3.8) is 0 Å². The third-order valence-corrected chi connectivity index (χ3v) is 3.74. The highest BCUT2D eigenvalue weighted by molar-refractivity contribution is 6.26. The summed E-state index contributed by atoms with van der Waals surface area (Å²) in [5.74, 6) is -0.539. The number of hydrogen-bond donors (Lipinski definition) is 0. The summed E-state index contributed by atoms with van der Waals surface area (Å²) in [6.45, 7) is 3.96. The van der Waals surface area contributed by atoms with E-state index in [2.05, 4.69) is 10.1 Å². The van der Waals surface area contributed by atoms with Gasteiger partial charge in [0, 0.05) is 12.1 Å². The lowest BCUT2D eigenvalue weighted by molar-refractivity contribution is -0.125. The molecule has 0 radical (unpaired) electrons. The molecular formula is C14H14N4O2. The number of benzene rings is 1. The number of para-hydroxylation sites is 1. The van der Waals surface area contributed by atoms with E-state index in [1.165, 1.54) is 17.3 Å². The Labute approximate surface area is 116 Å². The van der Waals surface area contributed by atoms with Crippen molar-refractivity contribution in [3.8, 4) is 0 Å². The summed E-state index contributed by atoms with van der Waals surface area (Å²) < 4.78 is 1.33. The lowest BCUT2D eigenvalue weighted by Gasteiger charge is -2.38. The van der Waals surface area contributed by atoms with Crippen LogP contribution in [0.4, 0.5) is 5.69 Å². The molecule has 2 aromatic rings. The van der Waals surface area contributed by atoms with Crippen molar-refractivity contribution in [2.24, 2.45) is 0 Å². The third-order valence-electron chi connectivity index (χ3n) is 3.74. The van der Waals surface area contributed by atoms with Gasteiger partial charge in [-0.15, -0.1) is 0 Å². The predicted octanol–water partition coefficient (Wildman–Crippen LogP) is 1.24. The summed E-state index contributed by atoms with van der Waals surface area (Å²) >= 11 is 0. The van der Waals surface area contributed by atoms with Gasteiger partial charge in [-0.2, -0.15) is 5.10 Å². The van der Waals surface area contributed by atoms with E-state index in [1.807, 2.05) is 13.0 Å². The van der Waals surface area contributed by atoms with Gasteiger partial charge in [0.15, 0.2) is 0 Å². The Morgan fingerprint density at radius 3 is 2.65 bits per heavy atom. The molecule has 0 bridgehead atoms. The Bertz CT molecular complexity index is 680. The maximum absolute atomic E-state index is 12.8. The van der Waals surface area contributed by atoms with E-state index in [0.29, 0.717) is 17.8 Å². The first kappa shape index (κ1) is 12.5. The molecule has 1 atom stereocenters. The zero-order valence-electron chi connectivity index (χ0n) is 11.3. The number of likely N-dealkylation sites (N-methyl/N-ethyl adjacent to an activating group) is 1. The smallest absolute Gasteiger partial charge is 0.262 e. The quantitative estimate of drug-likeness (QED) is 0.770. The number of nitrogens with zero attached hydrogens (tertiary/aromatic N) is 4. The summed E-state index contributed by atoms with van der Waals surface area (Å²) in [4.78, 5) is 31.0. The minimum absolute atomic E-state index is 0.256. The van der Waals surface area contributed by atoms with Crippen molar-refractivity contribution >= 4 is 17.4 Å². The van der Waals surface area contributed by atoms with Gasteiger partial charge >= 0.3 is 0 Å². The van der Waals surface area contributed by atoms with Gasteiger partial charge in [0.2, 0.25) is 11.3 Å². The molecule has 0 aliphatic carbocycles. The molecule has 1 aromatic carbocycles. The van der Waals surface area contributed by atoms with Crippen molar-refractivity contribution in [1.29, 1.82) is 0 Å². The average Bonchev–Trinajstić information content (AvgIpc) is 3.00. The Hall–Kier alpha value is -2.50. The van der Waals surface area contributed by atoms with Gasteiger partial charge in [0.25, 0.3) is 5.91 Å². The number of hydrogen-bond acceptors (Lipinski definition) is 4. The molecule has 1 aromatic heterocycles. The summed E-state index contributed by atoms with van der Waals surface area (Å²) in [6, 6.07) is 7.14. The lowest BCUT2D eigenvalue weighted by Crippen LogP contribution is -2.57. The molecule has 1 aliphatic rings. The molecular weight excluding hydrogens is 256 g/mol. The maximum atomic E-state index is 12.8. The second-order valence-electron chi connectivity index (χ2n) is 4.81. The van der Waals surface area contributed by atoms with E-state index in [0.717, 1.165) is 0 Å². The van der Waals surface area contributed by atoms with Crippen LogP contribution in [-0.2, 0) is 10.3 Å². The molecule has 0 N–H and O–H groups in total. The zero-order chi connectivity index (χ0) is 14.3. The molecule has 1 unspecified atom stereocenters. The van der Waals surface area contributed by atoms with Crippen LogP contribution >= 0.6 is 0 Å².